The molecule has 0 radical (unpaired) electrons. The summed E-state index contributed by atoms with van der Waals surface area (Å²) in [4.78, 5) is 14.5. The maximum atomic E-state index is 12.4. The van der Waals surface area contributed by atoms with Gasteiger partial charge in [0.05, 0.1) is 10.6 Å². The normalized spacial score (nSPS) is 16.4. The molecule has 1 aromatic heterocycles. The van der Waals surface area contributed by atoms with E-state index in [0.29, 0.717) is 15.0 Å². The highest BCUT2D eigenvalue weighted by Crippen LogP contribution is 2.36. The Hall–Kier alpha value is -0.640. The first kappa shape index (κ1) is 16.7. The zero-order chi connectivity index (χ0) is 14.1. The molecule has 0 saturated carbocycles. The molecule has 1 aromatic carbocycles. The lowest BCUT2D eigenvalue weighted by Gasteiger charge is -2.13. The van der Waals surface area contributed by atoms with Crippen LogP contribution >= 0.6 is 46.6 Å². The van der Waals surface area contributed by atoms with E-state index in [0.717, 1.165) is 9.45 Å². The number of anilines is 1. The van der Waals surface area contributed by atoms with Crippen LogP contribution in [0.25, 0.3) is 6.08 Å². The van der Waals surface area contributed by atoms with Crippen LogP contribution in [0.5, 0.6) is 0 Å². The maximum absolute atomic E-state index is 12.4. The number of carbonyl (C=O) groups excluding carboxylic acids is 1. The number of thioether (sulfide) groups is 1. The van der Waals surface area contributed by atoms with Crippen LogP contribution < -0.4 is 21.9 Å². The van der Waals surface area contributed by atoms with Crippen molar-refractivity contribution in [2.75, 3.05) is 4.90 Å². The first-order chi connectivity index (χ1) is 9.65. The van der Waals surface area contributed by atoms with Crippen LogP contribution in [0.1, 0.15) is 5.76 Å². The van der Waals surface area contributed by atoms with Gasteiger partial charge >= 0.3 is 0 Å². The number of benzene rings is 1. The highest BCUT2D eigenvalue weighted by Gasteiger charge is 2.33. The first-order valence-electron chi connectivity index (χ1n) is 5.73. The predicted octanol–water partition coefficient (Wildman–Crippen LogP) is 1.29. The van der Waals surface area contributed by atoms with Gasteiger partial charge in [-0.1, -0.05) is 42.2 Å². The summed E-state index contributed by atoms with van der Waals surface area (Å²) in [6.07, 6.45) is 1.73. The molecule has 0 bridgehead atoms. The van der Waals surface area contributed by atoms with Crippen molar-refractivity contribution < 1.29 is 26.2 Å². The fraction of sp³-hybridized carbons (Fsp3) is 0. The van der Waals surface area contributed by atoms with Crippen LogP contribution in [-0.4, -0.2) is 10.2 Å². The molecular weight excluding hydrogens is 485 g/mol. The summed E-state index contributed by atoms with van der Waals surface area (Å²) >= 11 is 8.67. The van der Waals surface area contributed by atoms with Crippen molar-refractivity contribution in [3.05, 3.63) is 56.9 Å². The van der Waals surface area contributed by atoms with E-state index in [1.165, 1.54) is 11.8 Å². The third kappa shape index (κ3) is 3.58. The van der Waals surface area contributed by atoms with E-state index in [4.69, 9.17) is 16.6 Å². The molecule has 1 aliphatic heterocycles. The maximum Gasteiger partial charge on any atom is 0.270 e. The molecule has 0 unspecified atom stereocenters. The van der Waals surface area contributed by atoms with Gasteiger partial charge in [0.1, 0.15) is 5.76 Å². The molecule has 7 heteroatoms. The van der Waals surface area contributed by atoms with Crippen LogP contribution in [0.4, 0.5) is 5.69 Å². The Morgan fingerprint density at radius 1 is 1.19 bits per heavy atom. The third-order valence-corrected chi connectivity index (χ3v) is 4.56. The number of nitrogens with zero attached hydrogens (tertiary/aromatic N) is 1. The van der Waals surface area contributed by atoms with Crippen molar-refractivity contribution in [2.24, 2.45) is 0 Å². The van der Waals surface area contributed by atoms with Gasteiger partial charge in [0.25, 0.3) is 5.91 Å². The van der Waals surface area contributed by atoms with Gasteiger partial charge in [-0.2, -0.15) is 0 Å². The summed E-state index contributed by atoms with van der Waals surface area (Å²) in [6, 6.07) is 13.1. The standard InChI is InChI=1S/C14H8INO2S2.BrH/c15-12-7-6-10(18-12)8-11-13(17)16(14(19)20-11)9-4-2-1-3-5-9;/h1-8H;1H/p-1/b11-8-;. The number of hydrogen-bond acceptors (Lipinski definition) is 4. The lowest BCUT2D eigenvalue weighted by molar-refractivity contribution is -0.113. The number of amides is 1. The topological polar surface area (TPSA) is 33.5 Å². The minimum atomic E-state index is -0.113. The summed E-state index contributed by atoms with van der Waals surface area (Å²) in [5.74, 6) is 0.542. The van der Waals surface area contributed by atoms with E-state index >= 15 is 0 Å². The number of rotatable bonds is 2. The second-order valence-electron chi connectivity index (χ2n) is 3.99. The number of thiocarbonyl (C=S) groups is 1. The molecule has 1 aliphatic rings. The molecule has 2 heterocycles. The largest absolute Gasteiger partial charge is 1.00 e. The van der Waals surface area contributed by atoms with E-state index in [2.05, 4.69) is 22.6 Å². The summed E-state index contributed by atoms with van der Waals surface area (Å²) in [5, 5.41) is 0. The Bertz CT molecular complexity index is 715. The number of carbonyl (C=O) groups is 1. The molecule has 2 aromatic rings. The van der Waals surface area contributed by atoms with Gasteiger partial charge in [-0.3, -0.25) is 9.69 Å². The summed E-state index contributed by atoms with van der Waals surface area (Å²) in [5.41, 5.74) is 0.785. The first-order valence-corrected chi connectivity index (χ1v) is 8.04. The van der Waals surface area contributed by atoms with E-state index in [9.17, 15) is 4.79 Å². The van der Waals surface area contributed by atoms with Crippen LogP contribution in [0.15, 0.2) is 51.8 Å². The monoisotopic (exact) mass is 492 g/mol. The average Bonchev–Trinajstić information content (AvgIpc) is 2.96. The van der Waals surface area contributed by atoms with E-state index < -0.39 is 0 Å². The lowest BCUT2D eigenvalue weighted by Crippen LogP contribution is -3.00. The zero-order valence-corrected chi connectivity index (χ0v) is 15.8. The smallest absolute Gasteiger partial charge is 0.270 e. The fourth-order valence-electron chi connectivity index (χ4n) is 1.80. The minimum absolute atomic E-state index is 0. The molecule has 1 fully saturated rings. The second-order valence-corrected chi connectivity index (χ2v) is 6.73. The second kappa shape index (κ2) is 7.08. The minimum Gasteiger partial charge on any atom is -1.00 e. The lowest BCUT2D eigenvalue weighted by atomic mass is 10.3. The van der Waals surface area contributed by atoms with Crippen LogP contribution in [0.3, 0.4) is 0 Å². The van der Waals surface area contributed by atoms with Crippen molar-refractivity contribution in [2.45, 2.75) is 0 Å². The van der Waals surface area contributed by atoms with E-state index in [1.54, 1.807) is 11.0 Å². The predicted molar refractivity (Wildman–Crippen MR) is 93.5 cm³/mol. The zero-order valence-electron chi connectivity index (χ0n) is 10.5. The molecule has 0 aliphatic carbocycles. The van der Waals surface area contributed by atoms with Gasteiger partial charge in [-0.25, -0.2) is 0 Å². The van der Waals surface area contributed by atoms with Gasteiger partial charge in [0.2, 0.25) is 0 Å². The highest BCUT2D eigenvalue weighted by atomic mass is 127. The van der Waals surface area contributed by atoms with Gasteiger partial charge in [-0.15, -0.1) is 0 Å². The Balaban J connectivity index is 0.00000161. The number of hydrogen-bond donors (Lipinski definition) is 0. The Morgan fingerprint density at radius 3 is 2.52 bits per heavy atom. The molecule has 3 nitrogen and oxygen atoms in total. The summed E-state index contributed by atoms with van der Waals surface area (Å²) in [7, 11) is 0. The van der Waals surface area contributed by atoms with E-state index in [1.807, 2.05) is 42.5 Å². The highest BCUT2D eigenvalue weighted by molar-refractivity contribution is 14.1. The average molecular weight is 493 g/mol. The van der Waals surface area contributed by atoms with Gasteiger partial charge in [0, 0.05) is 6.08 Å². The Labute approximate surface area is 155 Å². The number of halogens is 2. The Morgan fingerprint density at radius 2 is 1.90 bits per heavy atom. The quantitative estimate of drug-likeness (QED) is 0.359. The summed E-state index contributed by atoms with van der Waals surface area (Å²) in [6.45, 7) is 0. The molecule has 0 spiro atoms. The van der Waals surface area contributed by atoms with Crippen LogP contribution in [-0.2, 0) is 4.79 Å². The molecule has 21 heavy (non-hydrogen) atoms. The third-order valence-electron chi connectivity index (χ3n) is 2.68. The van der Waals surface area contributed by atoms with Crippen molar-refractivity contribution in [3.8, 4) is 0 Å². The molecule has 108 valence electrons. The molecule has 3 rings (SSSR count). The van der Waals surface area contributed by atoms with Crippen molar-refractivity contribution in [3.63, 3.8) is 0 Å². The van der Waals surface area contributed by atoms with Gasteiger partial charge in [0.15, 0.2) is 8.09 Å². The van der Waals surface area contributed by atoms with Crippen LogP contribution in [0.2, 0.25) is 0 Å². The number of para-hydroxylation sites is 1. The van der Waals surface area contributed by atoms with Crippen LogP contribution in [0, 0.1) is 3.77 Å². The summed E-state index contributed by atoms with van der Waals surface area (Å²) < 4.78 is 6.77. The number of furan rings is 1. The molecular formula is C14H8BrINO2S2-. The fourth-order valence-corrected chi connectivity index (χ4v) is 3.52. The molecule has 1 saturated heterocycles. The van der Waals surface area contributed by atoms with Gasteiger partial charge in [-0.05, 0) is 46.9 Å². The molecule has 0 atom stereocenters. The van der Waals surface area contributed by atoms with E-state index in [-0.39, 0.29) is 22.9 Å². The SMILES string of the molecule is O=C1/C(=C/c2ccc(I)o2)SC(=S)N1c1ccccc1.[Br-]. The molecule has 0 N–H and O–H groups in total. The Kier molecular flexibility index (Phi) is 5.64. The van der Waals surface area contributed by atoms with Crippen molar-refractivity contribution in [1.82, 2.24) is 0 Å². The van der Waals surface area contributed by atoms with Crippen molar-refractivity contribution in [1.29, 1.82) is 0 Å². The van der Waals surface area contributed by atoms with Crippen molar-refractivity contribution >= 4 is 68.6 Å². The van der Waals surface area contributed by atoms with Gasteiger partial charge < -0.3 is 21.4 Å². The molecule has 1 amide bonds.